The van der Waals surface area contributed by atoms with Gasteiger partial charge in [0.2, 0.25) is 5.89 Å². The zero-order chi connectivity index (χ0) is 17.8. The predicted octanol–water partition coefficient (Wildman–Crippen LogP) is 2.49. The fraction of sp³-hybridized carbons (Fsp3) is 0.600. The summed E-state index contributed by atoms with van der Waals surface area (Å²) in [5.74, 6) is 2.54. The van der Waals surface area contributed by atoms with E-state index in [-0.39, 0.29) is 0 Å². The highest BCUT2D eigenvalue weighted by molar-refractivity contribution is 5.29. The van der Waals surface area contributed by atoms with Crippen molar-refractivity contribution >= 4 is 5.95 Å². The third kappa shape index (κ3) is 3.91. The third-order valence-electron chi connectivity index (χ3n) is 5.57. The number of anilines is 1. The van der Waals surface area contributed by atoms with Gasteiger partial charge < -0.3 is 14.7 Å². The van der Waals surface area contributed by atoms with Gasteiger partial charge in [-0.05, 0) is 23.1 Å². The molecule has 6 heteroatoms. The van der Waals surface area contributed by atoms with Gasteiger partial charge in [-0.1, -0.05) is 43.7 Å². The first-order valence-electron chi connectivity index (χ1n) is 9.89. The van der Waals surface area contributed by atoms with Crippen molar-refractivity contribution in [3.05, 3.63) is 41.8 Å². The van der Waals surface area contributed by atoms with Gasteiger partial charge in [-0.2, -0.15) is 4.98 Å². The Morgan fingerprint density at radius 3 is 2.73 bits per heavy atom. The lowest BCUT2D eigenvalue weighted by Gasteiger charge is -2.25. The molecule has 2 atom stereocenters. The monoisotopic (exact) mass is 355 g/mol. The van der Waals surface area contributed by atoms with Crippen molar-refractivity contribution in [2.24, 2.45) is 5.92 Å². The molecule has 1 aromatic heterocycles. The third-order valence-corrected chi connectivity index (χ3v) is 5.57. The fourth-order valence-corrected chi connectivity index (χ4v) is 4.25. The van der Waals surface area contributed by atoms with Gasteiger partial charge in [0.15, 0.2) is 0 Å². The molecule has 2 aliphatic rings. The summed E-state index contributed by atoms with van der Waals surface area (Å²) in [4.78, 5) is 9.54. The molecule has 140 valence electrons. The molecule has 1 aromatic carbocycles. The van der Waals surface area contributed by atoms with Gasteiger partial charge in [0.25, 0.3) is 5.95 Å². The predicted molar refractivity (Wildman–Crippen MR) is 102 cm³/mol. The highest BCUT2D eigenvalue weighted by Gasteiger charge is 2.37. The van der Waals surface area contributed by atoms with E-state index in [1.165, 1.54) is 18.4 Å². The number of aromatic nitrogens is 2. The van der Waals surface area contributed by atoms with Crippen LogP contribution in [0.15, 0.2) is 34.9 Å². The maximum Gasteiger partial charge on any atom is 0.266 e. The van der Waals surface area contributed by atoms with E-state index in [0.29, 0.717) is 11.8 Å². The van der Waals surface area contributed by atoms with Gasteiger partial charge in [-0.25, -0.2) is 0 Å². The van der Waals surface area contributed by atoms with Crippen LogP contribution in [0.4, 0.5) is 5.95 Å². The average molecular weight is 355 g/mol. The second-order valence-corrected chi connectivity index (χ2v) is 7.50. The molecule has 2 aliphatic heterocycles. The van der Waals surface area contributed by atoms with Gasteiger partial charge in [0, 0.05) is 45.8 Å². The summed E-state index contributed by atoms with van der Waals surface area (Å²) in [5, 5.41) is 7.65. The average Bonchev–Trinajstić information content (AvgIpc) is 3.31. The molecule has 0 amide bonds. The van der Waals surface area contributed by atoms with E-state index >= 15 is 0 Å². The van der Waals surface area contributed by atoms with Crippen LogP contribution in [0.5, 0.6) is 0 Å². The van der Waals surface area contributed by atoms with Crippen LogP contribution in [-0.4, -0.2) is 54.3 Å². The lowest BCUT2D eigenvalue weighted by Crippen LogP contribution is -2.44. The van der Waals surface area contributed by atoms with Gasteiger partial charge in [0.05, 0.1) is 5.92 Å². The summed E-state index contributed by atoms with van der Waals surface area (Å²) in [6.45, 7) is 9.23. The van der Waals surface area contributed by atoms with E-state index in [2.05, 4.69) is 57.5 Å². The van der Waals surface area contributed by atoms with E-state index in [1.54, 1.807) is 0 Å². The number of piperazine rings is 1. The SMILES string of the molecule is CCC[C@@H]1CN(Cc2ccccc2)C[C@H]1c1nc(N2CCNCC2)no1. The molecule has 0 saturated carbocycles. The fourth-order valence-electron chi connectivity index (χ4n) is 4.25. The first-order chi connectivity index (χ1) is 12.8. The van der Waals surface area contributed by atoms with Crippen LogP contribution in [0, 0.1) is 5.92 Å². The van der Waals surface area contributed by atoms with Crippen LogP contribution in [0.25, 0.3) is 0 Å². The van der Waals surface area contributed by atoms with Crippen LogP contribution in [0.3, 0.4) is 0 Å². The molecule has 0 radical (unpaired) electrons. The Kier molecular flexibility index (Phi) is 5.51. The Labute approximate surface area is 155 Å². The van der Waals surface area contributed by atoms with E-state index < -0.39 is 0 Å². The van der Waals surface area contributed by atoms with Crippen molar-refractivity contribution in [2.75, 3.05) is 44.2 Å². The largest absolute Gasteiger partial charge is 0.337 e. The summed E-state index contributed by atoms with van der Waals surface area (Å²) in [6.07, 6.45) is 2.40. The molecular weight excluding hydrogens is 326 g/mol. The van der Waals surface area contributed by atoms with E-state index in [0.717, 1.165) is 57.7 Å². The Morgan fingerprint density at radius 2 is 1.96 bits per heavy atom. The molecule has 6 nitrogen and oxygen atoms in total. The topological polar surface area (TPSA) is 57.4 Å². The van der Waals surface area contributed by atoms with Crippen LogP contribution >= 0.6 is 0 Å². The molecular formula is C20H29N5O. The number of rotatable bonds is 6. The Morgan fingerprint density at radius 1 is 1.15 bits per heavy atom. The van der Waals surface area contributed by atoms with Crippen molar-refractivity contribution in [2.45, 2.75) is 32.2 Å². The van der Waals surface area contributed by atoms with Gasteiger partial charge in [-0.15, -0.1) is 0 Å². The number of nitrogens with one attached hydrogen (secondary N) is 1. The van der Waals surface area contributed by atoms with Crippen LogP contribution < -0.4 is 10.2 Å². The maximum atomic E-state index is 5.73. The maximum absolute atomic E-state index is 5.73. The number of benzene rings is 1. The molecule has 2 aromatic rings. The molecule has 2 saturated heterocycles. The molecule has 0 spiro atoms. The van der Waals surface area contributed by atoms with Crippen molar-refractivity contribution in [3.8, 4) is 0 Å². The van der Waals surface area contributed by atoms with Gasteiger partial charge >= 0.3 is 0 Å². The molecule has 26 heavy (non-hydrogen) atoms. The highest BCUT2D eigenvalue weighted by Crippen LogP contribution is 2.36. The molecule has 1 N–H and O–H groups in total. The summed E-state index contributed by atoms with van der Waals surface area (Å²) >= 11 is 0. The quantitative estimate of drug-likeness (QED) is 0.859. The summed E-state index contributed by atoms with van der Waals surface area (Å²) in [5.41, 5.74) is 1.37. The standard InChI is InChI=1S/C20H29N5O/c1-2-6-17-14-24(13-16-7-4-3-5-8-16)15-18(17)19-22-20(23-26-19)25-11-9-21-10-12-25/h3-5,7-8,17-18,21H,2,6,9-15H2,1H3/t17-,18-/m1/s1. The van der Waals surface area contributed by atoms with Crippen LogP contribution in [-0.2, 0) is 6.54 Å². The minimum Gasteiger partial charge on any atom is -0.337 e. The van der Waals surface area contributed by atoms with Crippen molar-refractivity contribution in [1.82, 2.24) is 20.4 Å². The zero-order valence-corrected chi connectivity index (χ0v) is 15.6. The summed E-state index contributed by atoms with van der Waals surface area (Å²) in [6, 6.07) is 10.7. The number of hydrogen-bond donors (Lipinski definition) is 1. The highest BCUT2D eigenvalue weighted by atomic mass is 16.5. The Hall–Kier alpha value is -1.92. The van der Waals surface area contributed by atoms with Crippen molar-refractivity contribution in [3.63, 3.8) is 0 Å². The molecule has 3 heterocycles. The molecule has 0 unspecified atom stereocenters. The molecule has 0 aliphatic carbocycles. The van der Waals surface area contributed by atoms with Crippen molar-refractivity contribution < 1.29 is 4.52 Å². The van der Waals surface area contributed by atoms with Crippen LogP contribution in [0.1, 0.15) is 37.1 Å². The first kappa shape index (κ1) is 17.5. The number of hydrogen-bond acceptors (Lipinski definition) is 6. The van der Waals surface area contributed by atoms with E-state index in [1.807, 2.05) is 0 Å². The molecule has 2 fully saturated rings. The molecule has 0 bridgehead atoms. The number of nitrogens with zero attached hydrogens (tertiary/aromatic N) is 4. The smallest absolute Gasteiger partial charge is 0.266 e. The van der Waals surface area contributed by atoms with Crippen molar-refractivity contribution in [1.29, 1.82) is 0 Å². The lowest BCUT2D eigenvalue weighted by atomic mass is 9.92. The van der Waals surface area contributed by atoms with E-state index in [4.69, 9.17) is 9.51 Å². The van der Waals surface area contributed by atoms with Crippen LogP contribution in [0.2, 0.25) is 0 Å². The normalized spacial score (nSPS) is 24.3. The van der Waals surface area contributed by atoms with Gasteiger partial charge in [-0.3, -0.25) is 4.90 Å². The zero-order valence-electron chi connectivity index (χ0n) is 15.6. The second kappa shape index (κ2) is 8.18. The molecule has 4 rings (SSSR count). The van der Waals surface area contributed by atoms with E-state index in [9.17, 15) is 0 Å². The second-order valence-electron chi connectivity index (χ2n) is 7.50. The number of likely N-dealkylation sites (tertiary alicyclic amines) is 1. The Bertz CT molecular complexity index is 683. The first-order valence-corrected chi connectivity index (χ1v) is 9.89. The minimum absolute atomic E-state index is 0.350. The summed E-state index contributed by atoms with van der Waals surface area (Å²) in [7, 11) is 0. The minimum atomic E-state index is 0.350. The lowest BCUT2D eigenvalue weighted by molar-refractivity contribution is 0.308. The summed E-state index contributed by atoms with van der Waals surface area (Å²) < 4.78 is 5.73. The Balaban J connectivity index is 1.46. The van der Waals surface area contributed by atoms with Gasteiger partial charge in [0.1, 0.15) is 0 Å².